The SMILES string of the molecule is CCOC(=O)c1c(C)n(C)c2cc3[nH]c(=O)oc3cc12. The summed E-state index contributed by atoms with van der Waals surface area (Å²) in [5.74, 6) is -0.877. The molecule has 3 rings (SSSR count). The Labute approximate surface area is 113 Å². The zero-order chi connectivity index (χ0) is 14.4. The lowest BCUT2D eigenvalue weighted by molar-refractivity contribution is 0.0527. The average molecular weight is 274 g/mol. The van der Waals surface area contributed by atoms with E-state index in [1.54, 1.807) is 19.1 Å². The normalized spacial score (nSPS) is 11.3. The maximum atomic E-state index is 12.1. The van der Waals surface area contributed by atoms with E-state index in [-0.39, 0.29) is 5.97 Å². The van der Waals surface area contributed by atoms with Crippen molar-refractivity contribution < 1.29 is 13.9 Å². The van der Waals surface area contributed by atoms with Crippen LogP contribution < -0.4 is 5.76 Å². The number of esters is 1. The van der Waals surface area contributed by atoms with Crippen molar-refractivity contribution in [2.75, 3.05) is 6.61 Å². The highest BCUT2D eigenvalue weighted by molar-refractivity contribution is 6.08. The van der Waals surface area contributed by atoms with Gasteiger partial charge in [0.1, 0.15) is 0 Å². The monoisotopic (exact) mass is 274 g/mol. The molecule has 0 aliphatic heterocycles. The van der Waals surface area contributed by atoms with Gasteiger partial charge in [0.05, 0.1) is 23.2 Å². The Balaban J connectivity index is 2.39. The summed E-state index contributed by atoms with van der Waals surface area (Å²) in [7, 11) is 1.87. The number of carbonyl (C=O) groups is 1. The van der Waals surface area contributed by atoms with E-state index >= 15 is 0 Å². The minimum Gasteiger partial charge on any atom is -0.462 e. The van der Waals surface area contributed by atoms with Gasteiger partial charge in [-0.05, 0) is 26.0 Å². The van der Waals surface area contributed by atoms with E-state index in [9.17, 15) is 9.59 Å². The Kier molecular flexibility index (Phi) is 2.67. The number of H-pyrrole nitrogens is 1. The van der Waals surface area contributed by atoms with Crippen molar-refractivity contribution in [1.29, 1.82) is 0 Å². The molecule has 0 bridgehead atoms. The molecule has 0 saturated heterocycles. The van der Waals surface area contributed by atoms with Crippen molar-refractivity contribution in [2.45, 2.75) is 13.8 Å². The maximum absolute atomic E-state index is 12.1. The van der Waals surface area contributed by atoms with Crippen molar-refractivity contribution in [1.82, 2.24) is 9.55 Å². The molecule has 6 heteroatoms. The van der Waals surface area contributed by atoms with E-state index in [4.69, 9.17) is 9.15 Å². The number of aromatic nitrogens is 2. The first-order chi connectivity index (χ1) is 9.52. The maximum Gasteiger partial charge on any atom is 0.417 e. The fourth-order valence-corrected chi connectivity index (χ4v) is 2.47. The van der Waals surface area contributed by atoms with Gasteiger partial charge in [0.25, 0.3) is 0 Å². The Morgan fingerprint density at radius 3 is 2.90 bits per heavy atom. The van der Waals surface area contributed by atoms with Crippen LogP contribution in [0.4, 0.5) is 0 Å². The molecule has 0 aliphatic rings. The molecule has 0 atom stereocenters. The molecule has 20 heavy (non-hydrogen) atoms. The predicted molar refractivity (Wildman–Crippen MR) is 74.0 cm³/mol. The van der Waals surface area contributed by atoms with Gasteiger partial charge in [-0.1, -0.05) is 0 Å². The standard InChI is InChI=1S/C14H14N2O4/c1-4-19-13(17)12-7(2)16(3)10-6-9-11(5-8(10)12)20-14(18)15-9/h5-6H,4H2,1-3H3,(H,15,18). The molecule has 0 unspecified atom stereocenters. The van der Waals surface area contributed by atoms with Gasteiger partial charge in [-0.2, -0.15) is 0 Å². The topological polar surface area (TPSA) is 77.2 Å². The van der Waals surface area contributed by atoms with Crippen LogP contribution in [0.2, 0.25) is 0 Å². The van der Waals surface area contributed by atoms with E-state index in [0.717, 1.165) is 16.6 Å². The number of oxazole rings is 1. The van der Waals surface area contributed by atoms with E-state index in [1.165, 1.54) is 0 Å². The molecular formula is C14H14N2O4. The zero-order valence-electron chi connectivity index (χ0n) is 11.4. The summed E-state index contributed by atoms with van der Waals surface area (Å²) in [4.78, 5) is 25.9. The first kappa shape index (κ1) is 12.5. The molecule has 0 spiro atoms. The molecule has 0 fully saturated rings. The van der Waals surface area contributed by atoms with Crippen LogP contribution in [0.25, 0.3) is 22.0 Å². The Bertz CT molecular complexity index is 882. The molecule has 6 nitrogen and oxygen atoms in total. The van der Waals surface area contributed by atoms with E-state index in [0.29, 0.717) is 23.3 Å². The van der Waals surface area contributed by atoms with E-state index < -0.39 is 5.76 Å². The first-order valence-corrected chi connectivity index (χ1v) is 6.32. The summed E-state index contributed by atoms with van der Waals surface area (Å²) in [6.45, 7) is 3.94. The molecular weight excluding hydrogens is 260 g/mol. The van der Waals surface area contributed by atoms with Crippen LogP contribution in [0, 0.1) is 6.92 Å². The van der Waals surface area contributed by atoms with Gasteiger partial charge in [-0.3, -0.25) is 4.98 Å². The molecule has 0 radical (unpaired) electrons. The smallest absolute Gasteiger partial charge is 0.417 e. The fourth-order valence-electron chi connectivity index (χ4n) is 2.47. The number of benzene rings is 1. The predicted octanol–water partition coefficient (Wildman–Crippen LogP) is 2.10. The van der Waals surface area contributed by atoms with Crippen molar-refractivity contribution >= 4 is 28.0 Å². The lowest BCUT2D eigenvalue weighted by atomic mass is 10.1. The number of carbonyl (C=O) groups excluding carboxylic acids is 1. The molecule has 2 aromatic heterocycles. The summed E-state index contributed by atoms with van der Waals surface area (Å²) >= 11 is 0. The first-order valence-electron chi connectivity index (χ1n) is 6.32. The average Bonchev–Trinajstić information content (AvgIpc) is 2.86. The molecule has 0 aliphatic carbocycles. The largest absolute Gasteiger partial charge is 0.462 e. The Morgan fingerprint density at radius 2 is 2.20 bits per heavy atom. The lowest BCUT2D eigenvalue weighted by Crippen LogP contribution is -2.06. The zero-order valence-corrected chi connectivity index (χ0v) is 11.4. The quantitative estimate of drug-likeness (QED) is 0.726. The summed E-state index contributed by atoms with van der Waals surface area (Å²) in [6.07, 6.45) is 0. The highest BCUT2D eigenvalue weighted by Crippen LogP contribution is 2.29. The third-order valence-electron chi connectivity index (χ3n) is 3.51. The van der Waals surface area contributed by atoms with Crippen LogP contribution in [0.5, 0.6) is 0 Å². The van der Waals surface area contributed by atoms with E-state index in [1.807, 2.05) is 18.5 Å². The summed E-state index contributed by atoms with van der Waals surface area (Å²) < 4.78 is 12.0. The fraction of sp³-hybridized carbons (Fsp3) is 0.286. The van der Waals surface area contributed by atoms with Crippen molar-refractivity contribution in [3.8, 4) is 0 Å². The molecule has 0 saturated carbocycles. The van der Waals surface area contributed by atoms with Crippen LogP contribution in [0.3, 0.4) is 0 Å². The number of hydrogen-bond acceptors (Lipinski definition) is 4. The van der Waals surface area contributed by atoms with Crippen LogP contribution in [-0.4, -0.2) is 22.1 Å². The van der Waals surface area contributed by atoms with Crippen LogP contribution in [0.1, 0.15) is 23.0 Å². The lowest BCUT2D eigenvalue weighted by Gasteiger charge is -2.02. The van der Waals surface area contributed by atoms with Gasteiger partial charge in [0.15, 0.2) is 5.58 Å². The van der Waals surface area contributed by atoms with Crippen LogP contribution >= 0.6 is 0 Å². The highest BCUT2D eigenvalue weighted by atomic mass is 16.5. The van der Waals surface area contributed by atoms with Gasteiger partial charge >= 0.3 is 11.7 Å². The number of rotatable bonds is 2. The number of aryl methyl sites for hydroxylation is 1. The van der Waals surface area contributed by atoms with Gasteiger partial charge in [-0.15, -0.1) is 0 Å². The van der Waals surface area contributed by atoms with Crippen LogP contribution in [-0.2, 0) is 11.8 Å². The minimum atomic E-state index is -0.510. The molecule has 104 valence electrons. The second-order valence-electron chi connectivity index (χ2n) is 4.62. The number of nitrogens with one attached hydrogen (secondary N) is 1. The van der Waals surface area contributed by atoms with Gasteiger partial charge in [-0.25, -0.2) is 9.59 Å². The van der Waals surface area contributed by atoms with Crippen molar-refractivity contribution in [2.24, 2.45) is 7.05 Å². The summed E-state index contributed by atoms with van der Waals surface area (Å²) in [5.41, 5.74) is 3.20. The third kappa shape index (κ3) is 1.65. The number of aromatic amines is 1. The van der Waals surface area contributed by atoms with Crippen LogP contribution in [0.15, 0.2) is 21.3 Å². The number of ether oxygens (including phenoxy) is 1. The molecule has 0 amide bonds. The highest BCUT2D eigenvalue weighted by Gasteiger charge is 2.20. The van der Waals surface area contributed by atoms with Crippen molar-refractivity contribution in [3.63, 3.8) is 0 Å². The van der Waals surface area contributed by atoms with Gasteiger partial charge in [0, 0.05) is 18.1 Å². The van der Waals surface area contributed by atoms with Gasteiger partial charge in [0.2, 0.25) is 0 Å². The van der Waals surface area contributed by atoms with Crippen molar-refractivity contribution in [3.05, 3.63) is 33.9 Å². The minimum absolute atomic E-state index is 0.316. The number of hydrogen-bond donors (Lipinski definition) is 1. The summed E-state index contributed by atoms with van der Waals surface area (Å²) in [6, 6.07) is 3.49. The molecule has 1 N–H and O–H groups in total. The second-order valence-corrected chi connectivity index (χ2v) is 4.62. The Hall–Kier alpha value is -2.50. The molecule has 3 aromatic rings. The van der Waals surface area contributed by atoms with E-state index in [2.05, 4.69) is 4.98 Å². The number of nitrogens with zero attached hydrogens (tertiary/aromatic N) is 1. The molecule has 2 heterocycles. The third-order valence-corrected chi connectivity index (χ3v) is 3.51. The number of fused-ring (bicyclic) bond motifs is 2. The van der Waals surface area contributed by atoms with Gasteiger partial charge < -0.3 is 13.7 Å². The second kappa shape index (κ2) is 4.26. The molecule has 1 aromatic carbocycles. The summed E-state index contributed by atoms with van der Waals surface area (Å²) in [5, 5.41) is 0.721. The Morgan fingerprint density at radius 1 is 1.45 bits per heavy atom.